The molecule has 0 aliphatic heterocycles. The lowest BCUT2D eigenvalue weighted by molar-refractivity contribution is 0.414. The van der Waals surface area contributed by atoms with Crippen molar-refractivity contribution in [2.45, 2.75) is 25.3 Å². The van der Waals surface area contributed by atoms with Gasteiger partial charge in [-0.1, -0.05) is 22.4 Å². The number of ether oxygens (including phenoxy) is 1. The van der Waals surface area contributed by atoms with Gasteiger partial charge in [0.05, 0.1) is 7.11 Å². The first-order valence-electron chi connectivity index (χ1n) is 6.04. The molecule has 2 atom stereocenters. The number of hydrogen-bond donors (Lipinski definition) is 2. The fourth-order valence-corrected chi connectivity index (χ4v) is 2.96. The van der Waals surface area contributed by atoms with Crippen LogP contribution in [-0.2, 0) is 0 Å². The van der Waals surface area contributed by atoms with Crippen molar-refractivity contribution in [2.24, 2.45) is 11.7 Å². The normalized spacial score (nSPS) is 23.7. The van der Waals surface area contributed by atoms with Gasteiger partial charge in [-0.2, -0.15) is 0 Å². The molecule has 1 aliphatic rings. The van der Waals surface area contributed by atoms with Crippen LogP contribution < -0.4 is 15.8 Å². The Hall–Kier alpha value is -0.740. The summed E-state index contributed by atoms with van der Waals surface area (Å²) >= 11 is 3.49. The Morgan fingerprint density at radius 1 is 1.41 bits per heavy atom. The van der Waals surface area contributed by atoms with Gasteiger partial charge in [0.2, 0.25) is 0 Å². The molecule has 0 radical (unpaired) electrons. The van der Waals surface area contributed by atoms with Crippen LogP contribution in [0.4, 0.5) is 5.69 Å². The highest BCUT2D eigenvalue weighted by atomic mass is 79.9. The lowest BCUT2D eigenvalue weighted by atomic mass is 10.0. The number of methoxy groups -OCH3 is 1. The Balaban J connectivity index is 2.09. The van der Waals surface area contributed by atoms with Crippen LogP contribution in [0.3, 0.4) is 0 Å². The van der Waals surface area contributed by atoms with E-state index in [1.54, 1.807) is 7.11 Å². The van der Waals surface area contributed by atoms with Gasteiger partial charge in [0, 0.05) is 22.3 Å². The van der Waals surface area contributed by atoms with E-state index < -0.39 is 0 Å². The van der Waals surface area contributed by atoms with Gasteiger partial charge in [-0.05, 0) is 37.4 Å². The van der Waals surface area contributed by atoms with Crippen LogP contribution in [0.5, 0.6) is 5.75 Å². The number of hydrogen-bond acceptors (Lipinski definition) is 3. The molecule has 0 aromatic heterocycles. The topological polar surface area (TPSA) is 47.3 Å². The highest BCUT2D eigenvalue weighted by molar-refractivity contribution is 9.10. The Kier molecular flexibility index (Phi) is 4.29. The molecule has 2 rings (SSSR count). The average Bonchev–Trinajstić information content (AvgIpc) is 2.75. The van der Waals surface area contributed by atoms with E-state index in [4.69, 9.17) is 10.5 Å². The number of benzene rings is 1. The second kappa shape index (κ2) is 5.74. The smallest absolute Gasteiger partial charge is 0.122 e. The Morgan fingerprint density at radius 2 is 2.24 bits per heavy atom. The molecular weight excluding hydrogens is 280 g/mol. The number of anilines is 1. The molecule has 1 saturated carbocycles. The average molecular weight is 299 g/mol. The van der Waals surface area contributed by atoms with Gasteiger partial charge in [0.1, 0.15) is 5.75 Å². The highest BCUT2D eigenvalue weighted by Crippen LogP contribution is 2.30. The molecular formula is C13H19BrN2O. The molecule has 0 spiro atoms. The molecule has 1 aromatic carbocycles. The maximum atomic E-state index is 5.79. The molecule has 0 saturated heterocycles. The quantitative estimate of drug-likeness (QED) is 0.898. The zero-order valence-corrected chi connectivity index (χ0v) is 11.7. The molecule has 4 heteroatoms. The van der Waals surface area contributed by atoms with Gasteiger partial charge < -0.3 is 15.8 Å². The largest absolute Gasteiger partial charge is 0.497 e. The summed E-state index contributed by atoms with van der Waals surface area (Å²) < 4.78 is 6.29. The number of halogens is 1. The monoisotopic (exact) mass is 298 g/mol. The second-order valence-electron chi connectivity index (χ2n) is 4.56. The number of rotatable bonds is 4. The van der Waals surface area contributed by atoms with Gasteiger partial charge in [-0.25, -0.2) is 0 Å². The van der Waals surface area contributed by atoms with Crippen LogP contribution in [0.2, 0.25) is 0 Å². The molecule has 3 N–H and O–H groups in total. The third kappa shape index (κ3) is 3.13. The van der Waals surface area contributed by atoms with Gasteiger partial charge in [-0.3, -0.25) is 0 Å². The standard InChI is InChI=1S/C13H19BrN2O/c1-17-12-6-10(14)5-11(7-12)16-13-4-2-3-9(13)8-15/h5-7,9,13,16H,2-4,8,15H2,1H3. The minimum absolute atomic E-state index is 0.499. The Bertz CT molecular complexity index is 384. The van der Waals surface area contributed by atoms with Crippen LogP contribution in [-0.4, -0.2) is 19.7 Å². The van der Waals surface area contributed by atoms with E-state index in [0.717, 1.165) is 22.5 Å². The maximum absolute atomic E-state index is 5.79. The molecule has 1 aromatic rings. The van der Waals surface area contributed by atoms with Gasteiger partial charge in [-0.15, -0.1) is 0 Å². The third-order valence-electron chi connectivity index (χ3n) is 3.42. The van der Waals surface area contributed by atoms with E-state index in [9.17, 15) is 0 Å². The summed E-state index contributed by atoms with van der Waals surface area (Å²) in [5.41, 5.74) is 6.89. The van der Waals surface area contributed by atoms with Crippen LogP contribution >= 0.6 is 15.9 Å². The van der Waals surface area contributed by atoms with E-state index in [1.807, 2.05) is 12.1 Å². The number of nitrogens with one attached hydrogen (secondary N) is 1. The first kappa shape index (κ1) is 12.7. The van der Waals surface area contributed by atoms with Crippen molar-refractivity contribution in [3.05, 3.63) is 22.7 Å². The molecule has 3 nitrogen and oxygen atoms in total. The van der Waals surface area contributed by atoms with E-state index in [-0.39, 0.29) is 0 Å². The second-order valence-corrected chi connectivity index (χ2v) is 5.47. The summed E-state index contributed by atoms with van der Waals surface area (Å²) in [7, 11) is 1.68. The van der Waals surface area contributed by atoms with Gasteiger partial charge >= 0.3 is 0 Å². The predicted octanol–water partition coefficient (Wildman–Crippen LogP) is 3.00. The van der Waals surface area contributed by atoms with Gasteiger partial charge in [0.25, 0.3) is 0 Å². The molecule has 0 heterocycles. The van der Waals surface area contributed by atoms with Crippen molar-refractivity contribution < 1.29 is 4.74 Å². The molecule has 94 valence electrons. The van der Waals surface area contributed by atoms with Crippen molar-refractivity contribution in [3.8, 4) is 5.75 Å². The maximum Gasteiger partial charge on any atom is 0.122 e. The molecule has 2 unspecified atom stereocenters. The summed E-state index contributed by atoms with van der Waals surface area (Å²) in [4.78, 5) is 0. The Labute approximate surface area is 111 Å². The lowest BCUT2D eigenvalue weighted by Gasteiger charge is -2.21. The molecule has 1 fully saturated rings. The predicted molar refractivity (Wildman–Crippen MR) is 74.5 cm³/mol. The lowest BCUT2D eigenvalue weighted by Crippen LogP contribution is -2.29. The summed E-state index contributed by atoms with van der Waals surface area (Å²) in [5.74, 6) is 1.46. The van der Waals surface area contributed by atoms with Crippen molar-refractivity contribution in [1.82, 2.24) is 0 Å². The molecule has 1 aliphatic carbocycles. The summed E-state index contributed by atoms with van der Waals surface area (Å²) in [6, 6.07) is 6.56. The number of nitrogens with two attached hydrogens (primary N) is 1. The third-order valence-corrected chi connectivity index (χ3v) is 3.88. The van der Waals surface area contributed by atoms with Crippen LogP contribution in [0.1, 0.15) is 19.3 Å². The van der Waals surface area contributed by atoms with Crippen molar-refractivity contribution in [1.29, 1.82) is 0 Å². The minimum Gasteiger partial charge on any atom is -0.497 e. The van der Waals surface area contributed by atoms with Crippen LogP contribution in [0.15, 0.2) is 22.7 Å². The molecule has 0 bridgehead atoms. The van der Waals surface area contributed by atoms with Crippen molar-refractivity contribution in [2.75, 3.05) is 19.0 Å². The zero-order valence-electron chi connectivity index (χ0n) is 10.1. The van der Waals surface area contributed by atoms with Crippen LogP contribution in [0, 0.1) is 5.92 Å². The summed E-state index contributed by atoms with van der Waals surface area (Å²) in [5, 5.41) is 3.57. The van der Waals surface area contributed by atoms with E-state index in [0.29, 0.717) is 12.0 Å². The minimum atomic E-state index is 0.499. The fraction of sp³-hybridized carbons (Fsp3) is 0.538. The SMILES string of the molecule is COc1cc(Br)cc(NC2CCCC2CN)c1. The van der Waals surface area contributed by atoms with Gasteiger partial charge in [0.15, 0.2) is 0 Å². The van der Waals surface area contributed by atoms with Crippen molar-refractivity contribution in [3.63, 3.8) is 0 Å². The first-order valence-corrected chi connectivity index (χ1v) is 6.83. The first-order chi connectivity index (χ1) is 8.22. The summed E-state index contributed by atoms with van der Waals surface area (Å²) in [6.45, 7) is 0.767. The summed E-state index contributed by atoms with van der Waals surface area (Å²) in [6.07, 6.45) is 3.71. The highest BCUT2D eigenvalue weighted by Gasteiger charge is 2.25. The Morgan fingerprint density at radius 3 is 2.94 bits per heavy atom. The van der Waals surface area contributed by atoms with E-state index in [1.165, 1.54) is 19.3 Å². The fourth-order valence-electron chi connectivity index (χ4n) is 2.49. The van der Waals surface area contributed by atoms with Crippen LogP contribution in [0.25, 0.3) is 0 Å². The zero-order chi connectivity index (χ0) is 12.3. The molecule has 0 amide bonds. The molecule has 17 heavy (non-hydrogen) atoms. The van der Waals surface area contributed by atoms with E-state index >= 15 is 0 Å². The van der Waals surface area contributed by atoms with Crippen molar-refractivity contribution >= 4 is 21.6 Å². The van der Waals surface area contributed by atoms with E-state index in [2.05, 4.69) is 27.3 Å².